The Morgan fingerprint density at radius 3 is 2.39 bits per heavy atom. The van der Waals surface area contributed by atoms with E-state index in [1.165, 1.54) is 24.9 Å². The van der Waals surface area contributed by atoms with Gasteiger partial charge >= 0.3 is 0 Å². The fourth-order valence-corrected chi connectivity index (χ4v) is 3.75. The Morgan fingerprint density at radius 2 is 1.75 bits per heavy atom. The van der Waals surface area contributed by atoms with Gasteiger partial charge in [-0.05, 0) is 57.9 Å². The van der Waals surface area contributed by atoms with Gasteiger partial charge in [0, 0.05) is 36.6 Å². The second-order valence-corrected chi connectivity index (χ2v) is 7.34. The van der Waals surface area contributed by atoms with Gasteiger partial charge < -0.3 is 15.5 Å². The van der Waals surface area contributed by atoms with Gasteiger partial charge in [-0.3, -0.25) is 4.79 Å². The van der Waals surface area contributed by atoms with E-state index in [9.17, 15) is 4.79 Å². The van der Waals surface area contributed by atoms with Crippen LogP contribution in [0.15, 0.2) is 30.3 Å². The highest BCUT2D eigenvalue weighted by Crippen LogP contribution is 2.21. The fraction of sp³-hybridized carbons (Fsp3) is 0.500. The first kappa shape index (κ1) is 20.1. The lowest BCUT2D eigenvalue weighted by atomic mass is 9.95. The van der Waals surface area contributed by atoms with Gasteiger partial charge in [0.2, 0.25) is 0 Å². The van der Waals surface area contributed by atoms with Gasteiger partial charge in [0.1, 0.15) is 17.3 Å². The molecule has 1 fully saturated rings. The highest BCUT2D eigenvalue weighted by molar-refractivity contribution is 5.93. The molecule has 0 radical (unpaired) electrons. The van der Waals surface area contributed by atoms with E-state index in [0.717, 1.165) is 31.6 Å². The van der Waals surface area contributed by atoms with Crippen LogP contribution in [0, 0.1) is 6.92 Å². The Labute approximate surface area is 167 Å². The molecule has 150 valence electrons. The second kappa shape index (κ2) is 9.53. The van der Waals surface area contributed by atoms with Gasteiger partial charge in [-0.1, -0.05) is 19.3 Å². The summed E-state index contributed by atoms with van der Waals surface area (Å²) in [5.74, 6) is 1.10. The summed E-state index contributed by atoms with van der Waals surface area (Å²) in [7, 11) is 0. The average Bonchev–Trinajstić information content (AvgIpc) is 2.70. The van der Waals surface area contributed by atoms with Gasteiger partial charge in [0.25, 0.3) is 5.91 Å². The van der Waals surface area contributed by atoms with Crippen LogP contribution in [0.1, 0.15) is 62.3 Å². The minimum atomic E-state index is -0.114. The maximum absolute atomic E-state index is 12.6. The number of hydrogen-bond acceptors (Lipinski definition) is 5. The zero-order chi connectivity index (χ0) is 19.9. The van der Waals surface area contributed by atoms with Crippen molar-refractivity contribution in [3.05, 3.63) is 41.9 Å². The lowest BCUT2D eigenvalue weighted by molar-refractivity contribution is 0.0922. The molecular weight excluding hydrogens is 350 g/mol. The highest BCUT2D eigenvalue weighted by Gasteiger charge is 2.18. The highest BCUT2D eigenvalue weighted by atomic mass is 16.1. The molecule has 3 rings (SSSR count). The summed E-state index contributed by atoms with van der Waals surface area (Å²) in [5, 5.41) is 6.42. The van der Waals surface area contributed by atoms with E-state index in [2.05, 4.69) is 51.5 Å². The zero-order valence-electron chi connectivity index (χ0n) is 17.2. The van der Waals surface area contributed by atoms with Crippen molar-refractivity contribution in [1.29, 1.82) is 0 Å². The lowest BCUT2D eigenvalue weighted by Gasteiger charge is -2.22. The molecule has 0 saturated heterocycles. The van der Waals surface area contributed by atoms with Gasteiger partial charge in [-0.15, -0.1) is 0 Å². The van der Waals surface area contributed by atoms with Gasteiger partial charge in [-0.2, -0.15) is 0 Å². The molecule has 1 aliphatic rings. The van der Waals surface area contributed by atoms with Crippen LogP contribution >= 0.6 is 0 Å². The summed E-state index contributed by atoms with van der Waals surface area (Å²) in [6, 6.07) is 10.3. The van der Waals surface area contributed by atoms with Crippen molar-refractivity contribution in [2.75, 3.05) is 23.3 Å². The Bertz CT molecular complexity index is 780. The molecule has 0 spiro atoms. The van der Waals surface area contributed by atoms with E-state index in [-0.39, 0.29) is 11.9 Å². The van der Waals surface area contributed by atoms with Crippen LogP contribution in [0.4, 0.5) is 17.2 Å². The topological polar surface area (TPSA) is 70.2 Å². The molecule has 1 aliphatic carbocycles. The summed E-state index contributed by atoms with van der Waals surface area (Å²) < 4.78 is 0. The van der Waals surface area contributed by atoms with Crippen LogP contribution in [0.2, 0.25) is 0 Å². The molecule has 0 unspecified atom stereocenters. The Balaban J connectivity index is 1.69. The van der Waals surface area contributed by atoms with Crippen molar-refractivity contribution >= 4 is 23.1 Å². The molecule has 1 aromatic carbocycles. The smallest absolute Gasteiger partial charge is 0.270 e. The van der Waals surface area contributed by atoms with Gasteiger partial charge in [-0.25, -0.2) is 9.97 Å². The molecule has 1 saturated carbocycles. The first-order valence-corrected chi connectivity index (χ1v) is 10.4. The van der Waals surface area contributed by atoms with Crippen LogP contribution < -0.4 is 15.5 Å². The van der Waals surface area contributed by atoms with Crippen LogP contribution in [-0.4, -0.2) is 35.0 Å². The maximum Gasteiger partial charge on any atom is 0.270 e. The second-order valence-electron chi connectivity index (χ2n) is 7.34. The number of nitrogens with one attached hydrogen (secondary N) is 2. The number of rotatable bonds is 7. The number of hydrogen-bond donors (Lipinski definition) is 2. The SMILES string of the molecule is CCN(CC)c1ccc(Nc2cc(C(=O)NC3CCCCC3)nc(C)n2)cc1. The predicted octanol–water partition coefficient (Wildman–Crippen LogP) is 4.44. The molecule has 0 atom stereocenters. The first-order valence-electron chi connectivity index (χ1n) is 10.4. The van der Waals surface area contributed by atoms with E-state index in [4.69, 9.17) is 0 Å². The molecule has 6 nitrogen and oxygen atoms in total. The quantitative estimate of drug-likeness (QED) is 0.742. The van der Waals surface area contributed by atoms with Crippen LogP contribution in [0.3, 0.4) is 0 Å². The number of aryl methyl sites for hydroxylation is 1. The number of carbonyl (C=O) groups excluding carboxylic acids is 1. The number of benzene rings is 1. The summed E-state index contributed by atoms with van der Waals surface area (Å²) in [5.41, 5.74) is 2.55. The van der Waals surface area contributed by atoms with Crippen LogP contribution in [0.5, 0.6) is 0 Å². The van der Waals surface area contributed by atoms with Crippen molar-refractivity contribution in [1.82, 2.24) is 15.3 Å². The summed E-state index contributed by atoms with van der Waals surface area (Å²) >= 11 is 0. The van der Waals surface area contributed by atoms with Gasteiger partial charge in [0.05, 0.1) is 0 Å². The summed E-state index contributed by atoms with van der Waals surface area (Å²) in [4.78, 5) is 23.7. The van der Waals surface area contributed by atoms with Crippen molar-refractivity contribution < 1.29 is 4.79 Å². The zero-order valence-corrected chi connectivity index (χ0v) is 17.2. The third-order valence-electron chi connectivity index (χ3n) is 5.28. The fourth-order valence-electron chi connectivity index (χ4n) is 3.75. The number of amides is 1. The van der Waals surface area contributed by atoms with Crippen molar-refractivity contribution in [3.63, 3.8) is 0 Å². The van der Waals surface area contributed by atoms with Crippen molar-refractivity contribution in [2.45, 2.75) is 58.9 Å². The van der Waals surface area contributed by atoms with Crippen LogP contribution in [-0.2, 0) is 0 Å². The molecular formula is C22H31N5O. The Hall–Kier alpha value is -2.63. The largest absolute Gasteiger partial charge is 0.372 e. The molecule has 1 aromatic heterocycles. The van der Waals surface area contributed by atoms with Gasteiger partial charge in [0.15, 0.2) is 0 Å². The number of nitrogens with zero attached hydrogens (tertiary/aromatic N) is 3. The molecule has 2 aromatic rings. The molecule has 1 heterocycles. The Morgan fingerprint density at radius 1 is 1.07 bits per heavy atom. The van der Waals surface area contributed by atoms with E-state index < -0.39 is 0 Å². The molecule has 0 aliphatic heterocycles. The third-order valence-corrected chi connectivity index (χ3v) is 5.28. The number of anilines is 3. The molecule has 28 heavy (non-hydrogen) atoms. The van der Waals surface area contributed by atoms with E-state index >= 15 is 0 Å². The first-order chi connectivity index (χ1) is 13.6. The minimum absolute atomic E-state index is 0.114. The standard InChI is InChI=1S/C22H31N5O/c1-4-27(5-2)19-13-11-18(12-14-19)25-21-15-20(23-16(3)24-21)22(28)26-17-9-7-6-8-10-17/h11-15,17H,4-10H2,1-3H3,(H,26,28)(H,23,24,25). The molecule has 1 amide bonds. The van der Waals surface area contributed by atoms with E-state index in [1.807, 2.05) is 19.1 Å². The number of carbonyl (C=O) groups is 1. The van der Waals surface area contributed by atoms with Crippen LogP contribution in [0.25, 0.3) is 0 Å². The molecule has 2 N–H and O–H groups in total. The predicted molar refractivity (Wildman–Crippen MR) is 114 cm³/mol. The molecule has 6 heteroatoms. The van der Waals surface area contributed by atoms with E-state index in [1.54, 1.807) is 6.07 Å². The lowest BCUT2D eigenvalue weighted by Crippen LogP contribution is -2.36. The average molecular weight is 382 g/mol. The normalized spacial score (nSPS) is 14.5. The summed E-state index contributed by atoms with van der Waals surface area (Å²) in [6.07, 6.45) is 5.74. The minimum Gasteiger partial charge on any atom is -0.372 e. The summed E-state index contributed by atoms with van der Waals surface area (Å²) in [6.45, 7) is 8.08. The number of aromatic nitrogens is 2. The van der Waals surface area contributed by atoms with Crippen molar-refractivity contribution in [2.24, 2.45) is 0 Å². The maximum atomic E-state index is 12.6. The Kier molecular flexibility index (Phi) is 6.85. The van der Waals surface area contributed by atoms with Crippen molar-refractivity contribution in [3.8, 4) is 0 Å². The third kappa shape index (κ3) is 5.21. The monoisotopic (exact) mass is 381 g/mol. The molecule has 0 bridgehead atoms. The van der Waals surface area contributed by atoms with E-state index in [0.29, 0.717) is 17.3 Å².